The zero-order valence-electron chi connectivity index (χ0n) is 23.1. The minimum absolute atomic E-state index is 0.0342. The number of nitrogens with one attached hydrogen (secondary N) is 1. The molecule has 1 fully saturated rings. The number of amides is 1. The van der Waals surface area contributed by atoms with Gasteiger partial charge in [-0.3, -0.25) is 4.79 Å². The molecule has 3 rings (SSSR count). The Morgan fingerprint density at radius 3 is 2.47 bits per heavy atom. The predicted octanol–water partition coefficient (Wildman–Crippen LogP) is 7.65. The Hall–Kier alpha value is -3.54. The third kappa shape index (κ3) is 10.0. The molecule has 1 aliphatic carbocycles. The molecule has 0 aliphatic heterocycles. The van der Waals surface area contributed by atoms with Crippen molar-refractivity contribution < 1.29 is 42.5 Å². The molecule has 0 saturated heterocycles. The van der Waals surface area contributed by atoms with Crippen LogP contribution < -0.4 is 19.5 Å². The van der Waals surface area contributed by atoms with E-state index in [4.69, 9.17) is 54.2 Å². The van der Waals surface area contributed by atoms with Crippen LogP contribution in [0, 0.1) is 5.92 Å². The summed E-state index contributed by atoms with van der Waals surface area (Å²) in [6, 6.07) is 8.41. The number of halogens is 5. The van der Waals surface area contributed by atoms with Gasteiger partial charge < -0.3 is 29.5 Å². The highest BCUT2D eigenvalue weighted by Crippen LogP contribution is 2.39. The van der Waals surface area contributed by atoms with Crippen molar-refractivity contribution in [1.29, 1.82) is 0 Å². The molecule has 1 saturated carbocycles. The number of anilines is 1. The molecule has 1 atom stereocenters. The average Bonchev–Trinajstić information content (AvgIpc) is 3.82. The van der Waals surface area contributed by atoms with Crippen LogP contribution >= 0.6 is 34.8 Å². The Kier molecular flexibility index (Phi) is 12.9. The summed E-state index contributed by atoms with van der Waals surface area (Å²) < 4.78 is 47.8. The zero-order chi connectivity index (χ0) is 31.5. The number of nitrogens with zero attached hydrogens (tertiary/aromatic N) is 1. The molecule has 0 bridgehead atoms. The number of allylic oxidation sites excluding steroid dienone is 3. The van der Waals surface area contributed by atoms with E-state index in [1.807, 2.05) is 0 Å². The molecule has 0 heterocycles. The minimum Gasteiger partial charge on any atom is -0.495 e. The molecule has 2 aromatic carbocycles. The maximum Gasteiger partial charge on any atom is 0.387 e. The molecule has 1 unspecified atom stereocenters. The molecular formula is C29H29Cl3F2N2O7. The van der Waals surface area contributed by atoms with Gasteiger partial charge in [0.25, 0.3) is 0 Å². The van der Waals surface area contributed by atoms with E-state index in [1.165, 1.54) is 43.5 Å². The number of oxime groups is 1. The van der Waals surface area contributed by atoms with Crippen LogP contribution in [-0.2, 0) is 9.53 Å². The first-order valence-electron chi connectivity index (χ1n) is 12.9. The molecule has 0 spiro atoms. The van der Waals surface area contributed by atoms with Gasteiger partial charge in [0.05, 0.1) is 36.2 Å². The normalized spacial score (nSPS) is 14.7. The first-order chi connectivity index (χ1) is 20.6. The van der Waals surface area contributed by atoms with Crippen LogP contribution in [0.4, 0.5) is 14.5 Å². The molecule has 0 radical (unpaired) electrons. The van der Waals surface area contributed by atoms with Crippen molar-refractivity contribution in [3.8, 4) is 17.2 Å². The summed E-state index contributed by atoms with van der Waals surface area (Å²) in [5, 5.41) is 14.7. The first-order valence-corrected chi connectivity index (χ1v) is 14.2. The summed E-state index contributed by atoms with van der Waals surface area (Å²) in [5.41, 5.74) is 0.834. The molecule has 2 aromatic rings. The number of ether oxygens (including phenoxy) is 4. The van der Waals surface area contributed by atoms with Crippen molar-refractivity contribution >= 4 is 58.6 Å². The SMILES string of the molecule is C\C=C(Cl)/C(CC(OC(=O)c1ccc(OC)c(NC(=O)CCl)c1)c1ccc(OC(F)F)c(OCC2CC2)c1)=C(Cl)\C=N\O. The lowest BCUT2D eigenvalue weighted by Crippen LogP contribution is -2.16. The number of hydrogen-bond acceptors (Lipinski definition) is 8. The maximum atomic E-state index is 13.5. The van der Waals surface area contributed by atoms with Crippen LogP contribution in [0.1, 0.15) is 48.2 Å². The van der Waals surface area contributed by atoms with E-state index >= 15 is 0 Å². The summed E-state index contributed by atoms with van der Waals surface area (Å²) in [6.07, 6.45) is 3.19. The lowest BCUT2D eigenvalue weighted by molar-refractivity contribution is -0.113. The van der Waals surface area contributed by atoms with Gasteiger partial charge in [0, 0.05) is 11.5 Å². The number of rotatable bonds is 15. The summed E-state index contributed by atoms with van der Waals surface area (Å²) in [6.45, 7) is -1.14. The summed E-state index contributed by atoms with van der Waals surface area (Å²) in [4.78, 5) is 25.4. The number of benzene rings is 2. The van der Waals surface area contributed by atoms with Gasteiger partial charge in [-0.2, -0.15) is 8.78 Å². The van der Waals surface area contributed by atoms with Crippen LogP contribution in [0.3, 0.4) is 0 Å². The van der Waals surface area contributed by atoms with Crippen LogP contribution in [0.15, 0.2) is 63.3 Å². The number of esters is 1. The Bertz CT molecular complexity index is 1400. The monoisotopic (exact) mass is 660 g/mol. The van der Waals surface area contributed by atoms with E-state index in [2.05, 4.69) is 15.2 Å². The van der Waals surface area contributed by atoms with Gasteiger partial charge in [-0.05, 0) is 67.2 Å². The second-order valence-corrected chi connectivity index (χ2v) is 10.3. The Labute approximate surface area is 262 Å². The fraction of sp³-hybridized carbons (Fsp3) is 0.345. The predicted molar refractivity (Wildman–Crippen MR) is 159 cm³/mol. The van der Waals surface area contributed by atoms with Gasteiger partial charge in [-0.1, -0.05) is 40.5 Å². The van der Waals surface area contributed by atoms with Crippen LogP contribution in [0.5, 0.6) is 17.2 Å². The Balaban J connectivity index is 2.05. The fourth-order valence-electron chi connectivity index (χ4n) is 3.86. The largest absolute Gasteiger partial charge is 0.495 e. The fourth-order valence-corrected chi connectivity index (χ4v) is 4.38. The van der Waals surface area contributed by atoms with Gasteiger partial charge in [-0.15, -0.1) is 11.6 Å². The lowest BCUT2D eigenvalue weighted by atomic mass is 9.99. The van der Waals surface area contributed by atoms with E-state index in [1.54, 1.807) is 13.0 Å². The quantitative estimate of drug-likeness (QED) is 0.0503. The number of alkyl halides is 3. The van der Waals surface area contributed by atoms with Crippen molar-refractivity contribution in [2.75, 3.05) is 24.9 Å². The summed E-state index contributed by atoms with van der Waals surface area (Å²) in [7, 11) is 1.39. The molecule has 43 heavy (non-hydrogen) atoms. The molecular weight excluding hydrogens is 633 g/mol. The van der Waals surface area contributed by atoms with Gasteiger partial charge in [0.15, 0.2) is 11.5 Å². The van der Waals surface area contributed by atoms with Gasteiger partial charge in [0.2, 0.25) is 5.91 Å². The van der Waals surface area contributed by atoms with Gasteiger partial charge in [-0.25, -0.2) is 4.79 Å². The lowest BCUT2D eigenvalue weighted by Gasteiger charge is -2.22. The van der Waals surface area contributed by atoms with E-state index in [0.717, 1.165) is 19.1 Å². The molecule has 14 heteroatoms. The summed E-state index contributed by atoms with van der Waals surface area (Å²) in [5.74, 6) is -1.23. The number of carbonyl (C=O) groups excluding carboxylic acids is 2. The number of carbonyl (C=O) groups is 2. The Morgan fingerprint density at radius 2 is 1.86 bits per heavy atom. The molecule has 9 nitrogen and oxygen atoms in total. The van der Waals surface area contributed by atoms with Crippen LogP contribution in [0.2, 0.25) is 0 Å². The van der Waals surface area contributed by atoms with Crippen LogP contribution in [-0.4, -0.2) is 49.5 Å². The van der Waals surface area contributed by atoms with Crippen molar-refractivity contribution in [2.45, 2.75) is 38.9 Å². The van der Waals surface area contributed by atoms with Gasteiger partial charge in [0.1, 0.15) is 17.7 Å². The van der Waals surface area contributed by atoms with E-state index in [9.17, 15) is 18.4 Å². The third-order valence-electron chi connectivity index (χ3n) is 6.20. The second kappa shape index (κ2) is 16.3. The number of methoxy groups -OCH3 is 1. The molecule has 232 valence electrons. The first kappa shape index (κ1) is 34.0. The summed E-state index contributed by atoms with van der Waals surface area (Å²) >= 11 is 18.4. The highest BCUT2D eigenvalue weighted by Gasteiger charge is 2.27. The second-order valence-electron chi connectivity index (χ2n) is 9.24. The number of hydrogen-bond donors (Lipinski definition) is 2. The van der Waals surface area contributed by atoms with Crippen molar-refractivity contribution in [2.24, 2.45) is 11.1 Å². The maximum absolute atomic E-state index is 13.5. The molecule has 0 aromatic heterocycles. The Morgan fingerprint density at radius 1 is 1.14 bits per heavy atom. The molecule has 1 amide bonds. The minimum atomic E-state index is -3.09. The van der Waals surface area contributed by atoms with Crippen molar-refractivity contribution in [1.82, 2.24) is 0 Å². The molecule has 1 aliphatic rings. The van der Waals surface area contributed by atoms with Crippen LogP contribution in [0.25, 0.3) is 0 Å². The third-order valence-corrected chi connectivity index (χ3v) is 7.21. The smallest absolute Gasteiger partial charge is 0.387 e. The highest BCUT2D eigenvalue weighted by atomic mass is 35.5. The van der Waals surface area contributed by atoms with E-state index in [0.29, 0.717) is 18.1 Å². The molecule has 2 N–H and O–H groups in total. The average molecular weight is 662 g/mol. The highest BCUT2D eigenvalue weighted by molar-refractivity contribution is 6.42. The van der Waals surface area contributed by atoms with E-state index in [-0.39, 0.29) is 56.4 Å². The van der Waals surface area contributed by atoms with Gasteiger partial charge >= 0.3 is 12.6 Å². The van der Waals surface area contributed by atoms with E-state index < -0.39 is 24.6 Å². The van der Waals surface area contributed by atoms with Crippen molar-refractivity contribution in [3.05, 3.63) is 69.2 Å². The topological polar surface area (TPSA) is 116 Å². The zero-order valence-corrected chi connectivity index (χ0v) is 25.4. The van der Waals surface area contributed by atoms with Crippen molar-refractivity contribution in [3.63, 3.8) is 0 Å². The standard InChI is InChI=1S/C29H29Cl3F2N2O7/c1-3-20(31)19(21(32)14-35-39)12-25(17-6-9-24(43-29(33)34)26(11-17)41-15-16-4-5-16)42-28(38)18-7-8-23(40-2)22(10-18)36-27(37)13-30/h3,6-11,14,16,25,29,39H,4-5,12-13,15H2,1-2H3,(H,36,37)/b20-3+,21-19+,35-14+.